The summed E-state index contributed by atoms with van der Waals surface area (Å²) in [5.41, 5.74) is 1.11. The SMILES string of the molecule is CCC[C@@]12C[C@@H](C)N(C(C)(C)C)[C@@H]1C2. The first-order valence-corrected chi connectivity index (χ1v) is 6.19. The van der Waals surface area contributed by atoms with Crippen molar-refractivity contribution in [2.45, 2.75) is 77.9 Å². The molecule has 0 aromatic heterocycles. The molecule has 2 aliphatic rings. The van der Waals surface area contributed by atoms with E-state index >= 15 is 0 Å². The van der Waals surface area contributed by atoms with E-state index < -0.39 is 0 Å². The summed E-state index contributed by atoms with van der Waals surface area (Å²) in [7, 11) is 0. The zero-order chi connectivity index (χ0) is 10.6. The van der Waals surface area contributed by atoms with Crippen LogP contribution >= 0.6 is 0 Å². The number of hydrogen-bond acceptors (Lipinski definition) is 1. The number of rotatable bonds is 2. The van der Waals surface area contributed by atoms with Crippen molar-refractivity contribution < 1.29 is 0 Å². The molecule has 0 radical (unpaired) electrons. The van der Waals surface area contributed by atoms with Crippen molar-refractivity contribution in [3.63, 3.8) is 0 Å². The number of nitrogens with zero attached hydrogens (tertiary/aromatic N) is 1. The van der Waals surface area contributed by atoms with Crippen LogP contribution in [0.5, 0.6) is 0 Å². The van der Waals surface area contributed by atoms with Gasteiger partial charge in [0.15, 0.2) is 0 Å². The Balaban J connectivity index is 2.10. The van der Waals surface area contributed by atoms with Gasteiger partial charge in [0, 0.05) is 17.6 Å². The van der Waals surface area contributed by atoms with Crippen molar-refractivity contribution in [3.05, 3.63) is 0 Å². The van der Waals surface area contributed by atoms with E-state index in [1.54, 1.807) is 0 Å². The zero-order valence-electron chi connectivity index (χ0n) is 10.4. The molecule has 0 bridgehead atoms. The Hall–Kier alpha value is -0.0400. The van der Waals surface area contributed by atoms with Gasteiger partial charge in [0.1, 0.15) is 0 Å². The summed E-state index contributed by atoms with van der Waals surface area (Å²) in [4.78, 5) is 2.77. The van der Waals surface area contributed by atoms with E-state index in [4.69, 9.17) is 0 Å². The van der Waals surface area contributed by atoms with Gasteiger partial charge in [-0.25, -0.2) is 0 Å². The third kappa shape index (κ3) is 1.41. The molecule has 0 spiro atoms. The lowest BCUT2D eigenvalue weighted by molar-refractivity contribution is 0.104. The van der Waals surface area contributed by atoms with Crippen molar-refractivity contribution in [2.24, 2.45) is 5.41 Å². The third-order valence-corrected chi connectivity index (χ3v) is 4.18. The maximum atomic E-state index is 2.77. The number of piperidine rings is 1. The van der Waals surface area contributed by atoms with E-state index in [9.17, 15) is 0 Å². The second-order valence-corrected chi connectivity index (χ2v) is 6.46. The topological polar surface area (TPSA) is 3.24 Å². The Labute approximate surface area is 88.9 Å². The molecule has 2 rings (SSSR count). The normalized spacial score (nSPS) is 42.6. The van der Waals surface area contributed by atoms with Gasteiger partial charge in [0.25, 0.3) is 0 Å². The van der Waals surface area contributed by atoms with Gasteiger partial charge in [-0.2, -0.15) is 0 Å². The van der Waals surface area contributed by atoms with Crippen LogP contribution in [0.3, 0.4) is 0 Å². The highest BCUT2D eigenvalue weighted by Gasteiger charge is 2.64. The Bertz CT molecular complexity index is 228. The van der Waals surface area contributed by atoms with Crippen LogP contribution in [0.25, 0.3) is 0 Å². The first-order valence-electron chi connectivity index (χ1n) is 6.19. The summed E-state index contributed by atoms with van der Waals surface area (Å²) in [6.07, 6.45) is 5.74. The molecule has 82 valence electrons. The van der Waals surface area contributed by atoms with Crippen LogP contribution in [-0.4, -0.2) is 22.5 Å². The molecule has 1 heteroatoms. The van der Waals surface area contributed by atoms with Gasteiger partial charge in [0.05, 0.1) is 0 Å². The van der Waals surface area contributed by atoms with Gasteiger partial charge in [-0.05, 0) is 52.4 Å². The Morgan fingerprint density at radius 2 is 1.93 bits per heavy atom. The van der Waals surface area contributed by atoms with Crippen LogP contribution in [0, 0.1) is 5.41 Å². The summed E-state index contributed by atoms with van der Waals surface area (Å²) >= 11 is 0. The highest BCUT2D eigenvalue weighted by atomic mass is 15.3. The van der Waals surface area contributed by atoms with E-state index in [0.717, 1.165) is 17.5 Å². The van der Waals surface area contributed by atoms with Crippen LogP contribution in [0.4, 0.5) is 0 Å². The fourth-order valence-corrected chi connectivity index (χ4v) is 3.93. The largest absolute Gasteiger partial charge is 0.292 e. The summed E-state index contributed by atoms with van der Waals surface area (Å²) in [6.45, 7) is 11.8. The number of fused-ring (bicyclic) bond motifs is 1. The summed E-state index contributed by atoms with van der Waals surface area (Å²) in [6, 6.07) is 1.72. The molecular weight excluding hydrogens is 170 g/mol. The maximum Gasteiger partial charge on any atom is 0.0167 e. The lowest BCUT2D eigenvalue weighted by Crippen LogP contribution is -2.45. The molecule has 1 aliphatic carbocycles. The minimum atomic E-state index is 0.371. The predicted molar refractivity (Wildman–Crippen MR) is 61.4 cm³/mol. The molecule has 1 saturated heterocycles. The molecule has 0 aromatic rings. The third-order valence-electron chi connectivity index (χ3n) is 4.18. The molecule has 2 fully saturated rings. The molecule has 1 saturated carbocycles. The number of likely N-dealkylation sites (tertiary alicyclic amines) is 1. The Kier molecular flexibility index (Phi) is 2.23. The molecule has 0 N–H and O–H groups in total. The monoisotopic (exact) mass is 195 g/mol. The van der Waals surface area contributed by atoms with Crippen LogP contribution in [0.15, 0.2) is 0 Å². The van der Waals surface area contributed by atoms with Gasteiger partial charge in [-0.3, -0.25) is 4.90 Å². The first-order chi connectivity index (χ1) is 6.41. The van der Waals surface area contributed by atoms with Crippen molar-refractivity contribution in [2.75, 3.05) is 0 Å². The Morgan fingerprint density at radius 1 is 1.29 bits per heavy atom. The zero-order valence-corrected chi connectivity index (χ0v) is 10.4. The predicted octanol–water partition coefficient (Wildman–Crippen LogP) is 3.44. The van der Waals surface area contributed by atoms with Gasteiger partial charge in [-0.1, -0.05) is 13.3 Å². The van der Waals surface area contributed by atoms with Gasteiger partial charge < -0.3 is 0 Å². The maximum absolute atomic E-state index is 2.77. The van der Waals surface area contributed by atoms with Gasteiger partial charge >= 0.3 is 0 Å². The average molecular weight is 195 g/mol. The minimum absolute atomic E-state index is 0.371. The second-order valence-electron chi connectivity index (χ2n) is 6.46. The molecule has 1 aliphatic heterocycles. The van der Waals surface area contributed by atoms with Crippen molar-refractivity contribution >= 4 is 0 Å². The first kappa shape index (κ1) is 10.5. The Morgan fingerprint density at radius 3 is 2.36 bits per heavy atom. The van der Waals surface area contributed by atoms with Crippen molar-refractivity contribution in [1.29, 1.82) is 0 Å². The minimum Gasteiger partial charge on any atom is -0.292 e. The quantitative estimate of drug-likeness (QED) is 0.652. The molecule has 0 amide bonds. The fraction of sp³-hybridized carbons (Fsp3) is 1.00. The van der Waals surface area contributed by atoms with E-state index in [0.29, 0.717) is 5.54 Å². The van der Waals surface area contributed by atoms with Crippen molar-refractivity contribution in [3.8, 4) is 0 Å². The smallest absolute Gasteiger partial charge is 0.0167 e. The second kappa shape index (κ2) is 2.98. The molecule has 3 atom stereocenters. The standard InChI is InChI=1S/C13H25N/c1-6-7-13-8-10(2)14(11(13)9-13)12(3,4)5/h10-11H,6-9H2,1-5H3/t10-,11-,13+/m1/s1. The average Bonchev–Trinajstić information content (AvgIpc) is 2.53. The van der Waals surface area contributed by atoms with E-state index in [1.807, 2.05) is 0 Å². The highest BCUT2D eigenvalue weighted by Crippen LogP contribution is 2.63. The van der Waals surface area contributed by atoms with E-state index in [-0.39, 0.29) is 0 Å². The lowest BCUT2D eigenvalue weighted by Gasteiger charge is -2.37. The summed E-state index contributed by atoms with van der Waals surface area (Å²) < 4.78 is 0. The van der Waals surface area contributed by atoms with E-state index in [2.05, 4.69) is 39.5 Å². The highest BCUT2D eigenvalue weighted by molar-refractivity contribution is 5.17. The molecule has 0 aromatic carbocycles. The molecule has 0 unspecified atom stereocenters. The van der Waals surface area contributed by atoms with E-state index in [1.165, 1.54) is 25.7 Å². The van der Waals surface area contributed by atoms with Gasteiger partial charge in [-0.15, -0.1) is 0 Å². The van der Waals surface area contributed by atoms with Crippen molar-refractivity contribution in [1.82, 2.24) is 4.90 Å². The molecule has 1 nitrogen and oxygen atoms in total. The lowest BCUT2D eigenvalue weighted by atomic mass is 9.95. The van der Waals surface area contributed by atoms with Crippen LogP contribution in [-0.2, 0) is 0 Å². The van der Waals surface area contributed by atoms with Crippen LogP contribution in [0.1, 0.15) is 60.3 Å². The van der Waals surface area contributed by atoms with Gasteiger partial charge in [0.2, 0.25) is 0 Å². The molecular formula is C13H25N. The fourth-order valence-electron chi connectivity index (χ4n) is 3.93. The number of hydrogen-bond donors (Lipinski definition) is 0. The molecule has 14 heavy (non-hydrogen) atoms. The summed E-state index contributed by atoms with van der Waals surface area (Å²) in [5.74, 6) is 0. The van der Waals surface area contributed by atoms with Crippen LogP contribution < -0.4 is 0 Å². The van der Waals surface area contributed by atoms with Crippen LogP contribution in [0.2, 0.25) is 0 Å². The molecule has 1 heterocycles. The summed E-state index contributed by atoms with van der Waals surface area (Å²) in [5, 5.41) is 0.